The summed E-state index contributed by atoms with van der Waals surface area (Å²) in [7, 11) is 1.62. The van der Waals surface area contributed by atoms with Crippen LogP contribution in [0, 0.1) is 0 Å². The normalized spacial score (nSPS) is 21.6. The predicted octanol–water partition coefficient (Wildman–Crippen LogP) is -0.316. The van der Waals surface area contributed by atoms with Crippen molar-refractivity contribution in [1.29, 1.82) is 0 Å². The zero-order chi connectivity index (χ0) is 10.2. The van der Waals surface area contributed by atoms with Gasteiger partial charge in [0.25, 0.3) is 0 Å². The molecule has 0 aromatic heterocycles. The van der Waals surface area contributed by atoms with Gasteiger partial charge in [-0.25, -0.2) is 4.79 Å². The van der Waals surface area contributed by atoms with Crippen molar-refractivity contribution in [3.05, 3.63) is 0 Å². The summed E-state index contributed by atoms with van der Waals surface area (Å²) in [5.41, 5.74) is 0. The first kappa shape index (κ1) is 11.3. The molecule has 0 saturated carbocycles. The van der Waals surface area contributed by atoms with Crippen molar-refractivity contribution in [1.82, 2.24) is 16.0 Å². The summed E-state index contributed by atoms with van der Waals surface area (Å²) in [5, 5.41) is 8.88. The number of carbonyl (C=O) groups excluding carboxylic acids is 1. The van der Waals surface area contributed by atoms with Gasteiger partial charge >= 0.3 is 6.03 Å². The second-order valence-corrected chi connectivity index (χ2v) is 3.44. The van der Waals surface area contributed by atoms with E-state index in [1.165, 1.54) is 0 Å². The zero-order valence-corrected chi connectivity index (χ0v) is 8.64. The quantitative estimate of drug-likeness (QED) is 0.546. The smallest absolute Gasteiger partial charge is 0.315 e. The maximum Gasteiger partial charge on any atom is 0.315 e. The largest absolute Gasteiger partial charge is 0.383 e. The Kier molecular flexibility index (Phi) is 5.32. The van der Waals surface area contributed by atoms with Gasteiger partial charge in [-0.2, -0.15) is 0 Å². The van der Waals surface area contributed by atoms with Crippen LogP contribution in [0.5, 0.6) is 0 Å². The van der Waals surface area contributed by atoms with Gasteiger partial charge in [0.05, 0.1) is 6.61 Å². The summed E-state index contributed by atoms with van der Waals surface area (Å²) in [6.45, 7) is 3.04. The summed E-state index contributed by atoms with van der Waals surface area (Å²) in [4.78, 5) is 11.3. The molecule has 1 saturated heterocycles. The van der Waals surface area contributed by atoms with Crippen molar-refractivity contribution in [2.45, 2.75) is 18.9 Å². The standard InChI is InChI=1S/C9H19N3O2/c1-14-6-5-11-9(13)12-8-3-2-4-10-7-8/h8,10H,2-7H2,1H3,(H2,11,12,13). The maximum atomic E-state index is 11.3. The summed E-state index contributed by atoms with van der Waals surface area (Å²) in [6, 6.07) is 0.169. The van der Waals surface area contributed by atoms with Crippen LogP contribution in [0.25, 0.3) is 0 Å². The van der Waals surface area contributed by atoms with Crippen molar-refractivity contribution in [3.8, 4) is 0 Å². The fourth-order valence-electron chi connectivity index (χ4n) is 1.48. The topological polar surface area (TPSA) is 62.4 Å². The Morgan fingerprint density at radius 1 is 1.64 bits per heavy atom. The number of amides is 2. The lowest BCUT2D eigenvalue weighted by molar-refractivity contribution is 0.194. The Balaban J connectivity index is 2.06. The maximum absolute atomic E-state index is 11.3. The monoisotopic (exact) mass is 201 g/mol. The number of methoxy groups -OCH3 is 1. The molecule has 0 radical (unpaired) electrons. The van der Waals surface area contributed by atoms with E-state index in [0.29, 0.717) is 13.2 Å². The van der Waals surface area contributed by atoms with Crippen LogP contribution in [0.1, 0.15) is 12.8 Å². The molecule has 1 heterocycles. The van der Waals surface area contributed by atoms with Crippen molar-refractivity contribution >= 4 is 6.03 Å². The van der Waals surface area contributed by atoms with E-state index in [-0.39, 0.29) is 12.1 Å². The van der Waals surface area contributed by atoms with Crippen LogP contribution in [0.2, 0.25) is 0 Å². The third-order valence-electron chi connectivity index (χ3n) is 2.22. The van der Waals surface area contributed by atoms with E-state index in [0.717, 1.165) is 25.9 Å². The molecule has 0 spiro atoms. The van der Waals surface area contributed by atoms with Crippen LogP contribution >= 0.6 is 0 Å². The minimum absolute atomic E-state index is 0.101. The summed E-state index contributed by atoms with van der Waals surface area (Å²) in [6.07, 6.45) is 2.19. The molecule has 14 heavy (non-hydrogen) atoms. The third-order valence-corrected chi connectivity index (χ3v) is 2.22. The first-order valence-corrected chi connectivity index (χ1v) is 5.07. The van der Waals surface area contributed by atoms with E-state index in [2.05, 4.69) is 16.0 Å². The van der Waals surface area contributed by atoms with E-state index in [1.54, 1.807) is 7.11 Å². The van der Waals surface area contributed by atoms with Crippen LogP contribution < -0.4 is 16.0 Å². The molecule has 1 fully saturated rings. The minimum atomic E-state index is -0.101. The Bertz CT molecular complexity index is 169. The lowest BCUT2D eigenvalue weighted by atomic mass is 10.1. The number of carbonyl (C=O) groups is 1. The lowest BCUT2D eigenvalue weighted by Gasteiger charge is -2.23. The Hall–Kier alpha value is -0.810. The molecule has 1 atom stereocenters. The number of urea groups is 1. The number of hydrogen-bond donors (Lipinski definition) is 3. The van der Waals surface area contributed by atoms with Gasteiger partial charge in [0, 0.05) is 26.2 Å². The van der Waals surface area contributed by atoms with Gasteiger partial charge in [-0.05, 0) is 19.4 Å². The Morgan fingerprint density at radius 2 is 2.50 bits per heavy atom. The predicted molar refractivity (Wildman–Crippen MR) is 54.3 cm³/mol. The number of rotatable bonds is 4. The van der Waals surface area contributed by atoms with E-state index >= 15 is 0 Å². The van der Waals surface area contributed by atoms with Crippen molar-refractivity contribution < 1.29 is 9.53 Å². The van der Waals surface area contributed by atoms with Crippen molar-refractivity contribution in [2.24, 2.45) is 0 Å². The highest BCUT2D eigenvalue weighted by molar-refractivity contribution is 5.74. The Morgan fingerprint density at radius 3 is 3.14 bits per heavy atom. The number of nitrogens with one attached hydrogen (secondary N) is 3. The highest BCUT2D eigenvalue weighted by Gasteiger charge is 2.14. The average Bonchev–Trinajstić information content (AvgIpc) is 2.20. The minimum Gasteiger partial charge on any atom is -0.383 e. The van der Waals surface area contributed by atoms with Gasteiger partial charge in [-0.15, -0.1) is 0 Å². The molecule has 1 unspecified atom stereocenters. The highest BCUT2D eigenvalue weighted by atomic mass is 16.5. The van der Waals surface area contributed by atoms with Gasteiger partial charge in [0.2, 0.25) is 0 Å². The van der Waals surface area contributed by atoms with Crippen molar-refractivity contribution in [3.63, 3.8) is 0 Å². The number of hydrogen-bond acceptors (Lipinski definition) is 3. The van der Waals surface area contributed by atoms with Crippen LogP contribution in [0.4, 0.5) is 4.79 Å². The molecule has 1 rings (SSSR count). The summed E-state index contributed by atoms with van der Waals surface area (Å²) >= 11 is 0. The number of ether oxygens (including phenoxy) is 1. The van der Waals surface area contributed by atoms with Gasteiger partial charge in [0.1, 0.15) is 0 Å². The molecule has 0 aliphatic carbocycles. The molecule has 1 aliphatic heterocycles. The molecule has 0 aromatic rings. The zero-order valence-electron chi connectivity index (χ0n) is 8.64. The first-order valence-electron chi connectivity index (χ1n) is 5.07. The van der Waals surface area contributed by atoms with Crippen LogP contribution in [-0.2, 0) is 4.74 Å². The van der Waals surface area contributed by atoms with Crippen LogP contribution in [-0.4, -0.2) is 45.4 Å². The van der Waals surface area contributed by atoms with Gasteiger partial charge in [-0.1, -0.05) is 0 Å². The first-order chi connectivity index (χ1) is 6.83. The molecule has 3 N–H and O–H groups in total. The third kappa shape index (κ3) is 4.43. The molecule has 1 aliphatic rings. The van der Waals surface area contributed by atoms with Gasteiger partial charge in [-0.3, -0.25) is 0 Å². The highest BCUT2D eigenvalue weighted by Crippen LogP contribution is 2.00. The Labute approximate surface area is 84.6 Å². The summed E-state index contributed by atoms with van der Waals surface area (Å²) in [5.74, 6) is 0. The van der Waals surface area contributed by atoms with E-state index < -0.39 is 0 Å². The van der Waals surface area contributed by atoms with E-state index in [4.69, 9.17) is 4.74 Å². The fraction of sp³-hybridized carbons (Fsp3) is 0.889. The van der Waals surface area contributed by atoms with Crippen molar-refractivity contribution in [2.75, 3.05) is 33.4 Å². The molecule has 5 nitrogen and oxygen atoms in total. The molecule has 5 heteroatoms. The van der Waals surface area contributed by atoms with Crippen LogP contribution in [0.3, 0.4) is 0 Å². The molecule has 82 valence electrons. The van der Waals surface area contributed by atoms with Gasteiger partial charge in [0.15, 0.2) is 0 Å². The lowest BCUT2D eigenvalue weighted by Crippen LogP contribution is -2.49. The number of piperidine rings is 1. The average molecular weight is 201 g/mol. The van der Waals surface area contributed by atoms with E-state index in [1.807, 2.05) is 0 Å². The molecular weight excluding hydrogens is 182 g/mol. The molecule has 0 bridgehead atoms. The SMILES string of the molecule is COCCNC(=O)NC1CCCNC1. The second-order valence-electron chi connectivity index (χ2n) is 3.44. The van der Waals surface area contributed by atoms with Gasteiger partial charge < -0.3 is 20.7 Å². The molecule has 2 amide bonds. The fourth-order valence-corrected chi connectivity index (χ4v) is 1.48. The van der Waals surface area contributed by atoms with E-state index in [9.17, 15) is 4.79 Å². The molecular formula is C9H19N3O2. The van der Waals surface area contributed by atoms with Crippen LogP contribution in [0.15, 0.2) is 0 Å². The molecule has 0 aromatic carbocycles. The summed E-state index contributed by atoms with van der Waals surface area (Å²) < 4.78 is 4.83. The second kappa shape index (κ2) is 6.62.